The summed E-state index contributed by atoms with van der Waals surface area (Å²) < 4.78 is 25.9. The number of aryl methyl sites for hydroxylation is 1. The average Bonchev–Trinajstić information content (AvgIpc) is 2.28. The highest BCUT2D eigenvalue weighted by atomic mass is 127. The van der Waals surface area contributed by atoms with Crippen LogP contribution in [0.1, 0.15) is 18.4 Å². The van der Waals surface area contributed by atoms with E-state index in [9.17, 15) is 8.42 Å². The van der Waals surface area contributed by atoms with Crippen molar-refractivity contribution in [3.63, 3.8) is 0 Å². The summed E-state index contributed by atoms with van der Waals surface area (Å²) >= 11 is 8.40. The third-order valence-corrected chi connectivity index (χ3v) is 6.06. The molecule has 0 N–H and O–H groups in total. The van der Waals surface area contributed by atoms with Gasteiger partial charge in [0.2, 0.25) is 10.0 Å². The highest BCUT2D eigenvalue weighted by Gasteiger charge is 2.36. The van der Waals surface area contributed by atoms with E-state index in [2.05, 4.69) is 22.6 Å². The van der Waals surface area contributed by atoms with Gasteiger partial charge in [0.15, 0.2) is 0 Å². The lowest BCUT2D eigenvalue weighted by Crippen LogP contribution is -2.44. The maximum atomic E-state index is 12.5. The van der Waals surface area contributed by atoms with Gasteiger partial charge in [-0.2, -0.15) is 4.31 Å². The van der Waals surface area contributed by atoms with Gasteiger partial charge in [0.25, 0.3) is 0 Å². The van der Waals surface area contributed by atoms with Crippen molar-refractivity contribution in [3.8, 4) is 0 Å². The summed E-state index contributed by atoms with van der Waals surface area (Å²) in [7, 11) is -3.41. The van der Waals surface area contributed by atoms with Crippen LogP contribution < -0.4 is 0 Å². The molecule has 18 heavy (non-hydrogen) atoms. The topological polar surface area (TPSA) is 37.4 Å². The number of hydrogen-bond donors (Lipinski definition) is 0. The van der Waals surface area contributed by atoms with Crippen LogP contribution in [0.2, 0.25) is 0 Å². The van der Waals surface area contributed by atoms with Crippen molar-refractivity contribution in [2.45, 2.75) is 27.5 Å². The van der Waals surface area contributed by atoms with Crippen LogP contribution in [0.25, 0.3) is 0 Å². The standard InChI is InChI=1S/C12H15ClINO2S/c1-10-3-5-11(6-4-10)18(16,17)15-8-2-7-12(13,14)9-15/h3-6H,2,7-9H2,1H3. The maximum absolute atomic E-state index is 12.5. The molecular formula is C12H15ClINO2S. The first-order valence-electron chi connectivity index (χ1n) is 5.76. The minimum atomic E-state index is -3.41. The molecule has 0 spiro atoms. The smallest absolute Gasteiger partial charge is 0.207 e. The summed E-state index contributed by atoms with van der Waals surface area (Å²) in [6.07, 6.45) is 1.65. The summed E-state index contributed by atoms with van der Waals surface area (Å²) in [4.78, 5) is 0.346. The molecule has 1 aliphatic rings. The third kappa shape index (κ3) is 3.18. The van der Waals surface area contributed by atoms with Gasteiger partial charge in [-0.1, -0.05) is 40.3 Å². The van der Waals surface area contributed by atoms with Gasteiger partial charge in [0.05, 0.1) is 4.90 Å². The van der Waals surface area contributed by atoms with E-state index < -0.39 is 12.9 Å². The molecule has 1 saturated heterocycles. The lowest BCUT2D eigenvalue weighted by atomic mass is 10.2. The number of benzene rings is 1. The molecule has 1 fully saturated rings. The first-order valence-corrected chi connectivity index (χ1v) is 8.66. The van der Waals surface area contributed by atoms with Crippen molar-refractivity contribution < 1.29 is 8.42 Å². The van der Waals surface area contributed by atoms with Crippen LogP contribution >= 0.6 is 34.2 Å². The van der Waals surface area contributed by atoms with Gasteiger partial charge in [-0.15, -0.1) is 11.6 Å². The third-order valence-electron chi connectivity index (χ3n) is 3.02. The molecular weight excluding hydrogens is 385 g/mol. The first-order chi connectivity index (χ1) is 8.31. The van der Waals surface area contributed by atoms with Crippen LogP contribution in [-0.4, -0.2) is 28.7 Å². The van der Waals surface area contributed by atoms with Gasteiger partial charge in [0.1, 0.15) is 2.88 Å². The predicted molar refractivity (Wildman–Crippen MR) is 81.8 cm³/mol. The van der Waals surface area contributed by atoms with E-state index in [1.165, 1.54) is 4.31 Å². The van der Waals surface area contributed by atoms with E-state index >= 15 is 0 Å². The van der Waals surface area contributed by atoms with E-state index in [0.717, 1.165) is 18.4 Å². The molecule has 1 aliphatic heterocycles. The van der Waals surface area contributed by atoms with Gasteiger partial charge in [-0.3, -0.25) is 0 Å². The number of hydrogen-bond acceptors (Lipinski definition) is 2. The minimum absolute atomic E-state index is 0.346. The molecule has 1 heterocycles. The Labute approximate surface area is 127 Å². The van der Waals surface area contributed by atoms with E-state index in [4.69, 9.17) is 11.6 Å². The van der Waals surface area contributed by atoms with Gasteiger partial charge in [0, 0.05) is 13.1 Å². The summed E-state index contributed by atoms with van der Waals surface area (Å²) in [5.74, 6) is 0. The van der Waals surface area contributed by atoms with Gasteiger partial charge in [-0.25, -0.2) is 8.42 Å². The van der Waals surface area contributed by atoms with Crippen LogP contribution in [0, 0.1) is 6.92 Å². The van der Waals surface area contributed by atoms with Crippen molar-refractivity contribution in [2.75, 3.05) is 13.1 Å². The lowest BCUT2D eigenvalue weighted by molar-refractivity contribution is 0.344. The molecule has 0 radical (unpaired) electrons. The second-order valence-corrected chi connectivity index (χ2v) is 9.98. The number of rotatable bonds is 2. The SMILES string of the molecule is Cc1ccc(S(=O)(=O)N2CCCC(Cl)(I)C2)cc1. The fourth-order valence-corrected chi connectivity index (χ4v) is 4.91. The van der Waals surface area contributed by atoms with E-state index in [0.29, 0.717) is 18.0 Å². The highest BCUT2D eigenvalue weighted by molar-refractivity contribution is 14.1. The van der Waals surface area contributed by atoms with Gasteiger partial charge in [-0.05, 0) is 31.9 Å². The van der Waals surface area contributed by atoms with Crippen LogP contribution in [0.4, 0.5) is 0 Å². The molecule has 1 aromatic carbocycles. The summed E-state index contributed by atoms with van der Waals surface area (Å²) in [6.45, 7) is 2.85. The van der Waals surface area contributed by atoms with E-state index in [-0.39, 0.29) is 0 Å². The van der Waals surface area contributed by atoms with Crippen LogP contribution in [0.3, 0.4) is 0 Å². The van der Waals surface area contributed by atoms with Gasteiger partial charge < -0.3 is 0 Å². The average molecular weight is 400 g/mol. The van der Waals surface area contributed by atoms with Crippen molar-refractivity contribution in [3.05, 3.63) is 29.8 Å². The molecule has 1 unspecified atom stereocenters. The summed E-state index contributed by atoms with van der Waals surface area (Å²) in [5, 5.41) is 0. The van der Waals surface area contributed by atoms with E-state index in [1.807, 2.05) is 19.1 Å². The summed E-state index contributed by atoms with van der Waals surface area (Å²) in [5.41, 5.74) is 1.05. The fraction of sp³-hybridized carbons (Fsp3) is 0.500. The Morgan fingerprint density at radius 3 is 2.50 bits per heavy atom. The lowest BCUT2D eigenvalue weighted by Gasteiger charge is -2.34. The Kier molecular flexibility index (Phi) is 4.26. The second-order valence-electron chi connectivity index (χ2n) is 4.61. The number of halogens is 2. The number of alkyl halides is 2. The Bertz CT molecular complexity index is 528. The zero-order valence-electron chi connectivity index (χ0n) is 10.1. The van der Waals surface area contributed by atoms with Crippen LogP contribution in [-0.2, 0) is 10.0 Å². The molecule has 0 saturated carbocycles. The molecule has 1 atom stereocenters. The van der Waals surface area contributed by atoms with E-state index in [1.54, 1.807) is 12.1 Å². The highest BCUT2D eigenvalue weighted by Crippen LogP contribution is 2.36. The Morgan fingerprint density at radius 1 is 1.33 bits per heavy atom. The number of nitrogens with zero attached hydrogens (tertiary/aromatic N) is 1. The van der Waals surface area contributed by atoms with Gasteiger partial charge >= 0.3 is 0 Å². The molecule has 0 amide bonds. The Hall–Kier alpha value is 0.150. The molecule has 1 aromatic rings. The molecule has 0 aromatic heterocycles. The number of piperidine rings is 1. The number of sulfonamides is 1. The summed E-state index contributed by atoms with van der Waals surface area (Å²) in [6, 6.07) is 6.94. The van der Waals surface area contributed by atoms with Crippen molar-refractivity contribution >= 4 is 44.2 Å². The zero-order chi connectivity index (χ0) is 13.4. The maximum Gasteiger partial charge on any atom is 0.243 e. The van der Waals surface area contributed by atoms with Crippen molar-refractivity contribution in [2.24, 2.45) is 0 Å². The molecule has 0 aliphatic carbocycles. The Balaban J connectivity index is 2.28. The quantitative estimate of drug-likeness (QED) is 0.566. The van der Waals surface area contributed by atoms with Crippen molar-refractivity contribution in [1.82, 2.24) is 4.31 Å². The fourth-order valence-electron chi connectivity index (χ4n) is 1.99. The molecule has 0 bridgehead atoms. The molecule has 100 valence electrons. The largest absolute Gasteiger partial charge is 0.243 e. The minimum Gasteiger partial charge on any atom is -0.207 e. The van der Waals surface area contributed by atoms with Crippen LogP contribution in [0.15, 0.2) is 29.2 Å². The molecule has 2 rings (SSSR count). The van der Waals surface area contributed by atoms with Crippen molar-refractivity contribution in [1.29, 1.82) is 0 Å². The second kappa shape index (κ2) is 5.26. The normalized spacial score (nSPS) is 26.2. The Morgan fingerprint density at radius 2 is 1.94 bits per heavy atom. The first kappa shape index (κ1) is 14.6. The zero-order valence-corrected chi connectivity index (χ0v) is 13.8. The molecule has 6 heteroatoms. The molecule has 3 nitrogen and oxygen atoms in total. The monoisotopic (exact) mass is 399 g/mol. The van der Waals surface area contributed by atoms with Crippen LogP contribution in [0.5, 0.6) is 0 Å². The predicted octanol–water partition coefficient (Wildman–Crippen LogP) is 3.15.